The monoisotopic (exact) mass is 338 g/mol. The SMILES string of the molecule is CO.[V].[V].[V].[V].[V].[V]. The minimum absolute atomic E-state index is 0. The van der Waals surface area contributed by atoms with E-state index in [-0.39, 0.29) is 111 Å². The molecular weight excluding hydrogens is 334 g/mol. The van der Waals surface area contributed by atoms with Gasteiger partial charge in [-0.2, -0.15) is 0 Å². The predicted octanol–water partition coefficient (Wildman–Crippen LogP) is -0.406. The molecule has 0 aliphatic heterocycles. The molecule has 0 aliphatic carbocycles. The molecule has 0 spiro atoms. The zero-order valence-corrected chi connectivity index (χ0v) is 12.5. The summed E-state index contributed by atoms with van der Waals surface area (Å²) in [7, 11) is 1.00. The van der Waals surface area contributed by atoms with Gasteiger partial charge in [0.1, 0.15) is 0 Å². The van der Waals surface area contributed by atoms with Crippen LogP contribution >= 0.6 is 0 Å². The molecule has 0 unspecified atom stereocenters. The third-order valence-corrected chi connectivity index (χ3v) is 0. The fourth-order valence-corrected chi connectivity index (χ4v) is 0. The van der Waals surface area contributed by atoms with E-state index < -0.39 is 0 Å². The summed E-state index contributed by atoms with van der Waals surface area (Å²) in [5.74, 6) is 0. The summed E-state index contributed by atoms with van der Waals surface area (Å²) in [5.41, 5.74) is 0. The van der Waals surface area contributed by atoms with Crippen molar-refractivity contribution in [1.82, 2.24) is 0 Å². The fourth-order valence-electron chi connectivity index (χ4n) is 0. The molecule has 7 heteroatoms. The molecule has 1 nitrogen and oxygen atoms in total. The van der Waals surface area contributed by atoms with Crippen molar-refractivity contribution in [2.45, 2.75) is 0 Å². The maximum absolute atomic E-state index is 7.00. The Morgan fingerprint density at radius 3 is 0.500 bits per heavy atom. The summed E-state index contributed by atoms with van der Waals surface area (Å²) in [4.78, 5) is 0. The van der Waals surface area contributed by atoms with Gasteiger partial charge >= 0.3 is 0 Å². The number of aliphatic hydroxyl groups is 1. The van der Waals surface area contributed by atoms with Crippen LogP contribution in [0.15, 0.2) is 0 Å². The molecule has 0 aromatic rings. The molecule has 8 heavy (non-hydrogen) atoms. The molecule has 44 valence electrons. The van der Waals surface area contributed by atoms with E-state index in [1.807, 2.05) is 0 Å². The van der Waals surface area contributed by atoms with Gasteiger partial charge in [-0.3, -0.25) is 0 Å². The van der Waals surface area contributed by atoms with E-state index in [4.69, 9.17) is 5.11 Å². The fraction of sp³-hybridized carbons (Fsp3) is 1.00. The van der Waals surface area contributed by atoms with Crippen LogP contribution in [0.2, 0.25) is 0 Å². The van der Waals surface area contributed by atoms with E-state index in [0.29, 0.717) is 0 Å². The van der Waals surface area contributed by atoms with E-state index in [2.05, 4.69) is 0 Å². The average Bonchev–Trinajstić information content (AvgIpc) is 1.00. The summed E-state index contributed by atoms with van der Waals surface area (Å²) in [6, 6.07) is 0. The van der Waals surface area contributed by atoms with E-state index >= 15 is 0 Å². The van der Waals surface area contributed by atoms with E-state index in [9.17, 15) is 0 Å². The molecule has 0 amide bonds. The normalized spacial score (nSPS) is 0.750. The van der Waals surface area contributed by atoms with Gasteiger partial charge in [0, 0.05) is 118 Å². The van der Waals surface area contributed by atoms with Crippen LogP contribution in [0, 0.1) is 0 Å². The van der Waals surface area contributed by atoms with Crippen molar-refractivity contribution < 1.29 is 116 Å². The van der Waals surface area contributed by atoms with Crippen molar-refractivity contribution in [3.05, 3.63) is 0 Å². The Bertz CT molecular complexity index is 8.49. The standard InChI is InChI=1S/CH4O.6V/c1-2;;;;;;/h2H,1H3;;;;;;. The number of aliphatic hydroxyl groups excluding tert-OH is 1. The first-order valence-electron chi connectivity index (χ1n) is 0.447. The van der Waals surface area contributed by atoms with Crippen LogP contribution in [-0.2, 0) is 111 Å². The van der Waals surface area contributed by atoms with Crippen LogP contribution in [0.4, 0.5) is 0 Å². The van der Waals surface area contributed by atoms with E-state index in [0.717, 1.165) is 7.11 Å². The van der Waals surface area contributed by atoms with Gasteiger partial charge < -0.3 is 5.11 Å². The maximum atomic E-state index is 7.00. The van der Waals surface area contributed by atoms with Gasteiger partial charge in [-0.25, -0.2) is 0 Å². The van der Waals surface area contributed by atoms with Crippen LogP contribution < -0.4 is 0 Å². The zero-order valence-electron chi connectivity index (χ0n) is 4.13. The van der Waals surface area contributed by atoms with Gasteiger partial charge in [-0.15, -0.1) is 0 Å². The number of hydrogen-bond acceptors (Lipinski definition) is 1. The van der Waals surface area contributed by atoms with Crippen LogP contribution in [-0.4, -0.2) is 12.2 Å². The van der Waals surface area contributed by atoms with Crippen LogP contribution in [0.1, 0.15) is 0 Å². The smallest absolute Gasteiger partial charge is 0.0319 e. The first-order valence-corrected chi connectivity index (χ1v) is 0.447. The van der Waals surface area contributed by atoms with Gasteiger partial charge in [0.25, 0.3) is 0 Å². The molecule has 0 fully saturated rings. The quantitative estimate of drug-likeness (QED) is 0.637. The van der Waals surface area contributed by atoms with Crippen LogP contribution in [0.5, 0.6) is 0 Å². The van der Waals surface area contributed by atoms with E-state index in [1.165, 1.54) is 0 Å². The maximum Gasteiger partial charge on any atom is 0.0319 e. The van der Waals surface area contributed by atoms with Gasteiger partial charge in [0.05, 0.1) is 0 Å². The van der Waals surface area contributed by atoms with Crippen LogP contribution in [0.25, 0.3) is 0 Å². The third-order valence-electron chi connectivity index (χ3n) is 0. The molecule has 6 radical (unpaired) electrons. The second-order valence-electron chi connectivity index (χ2n) is 0. The largest absolute Gasteiger partial charge is 0.400 e. The summed E-state index contributed by atoms with van der Waals surface area (Å²) >= 11 is 0. The number of hydrogen-bond donors (Lipinski definition) is 1. The Morgan fingerprint density at radius 1 is 0.500 bits per heavy atom. The van der Waals surface area contributed by atoms with Crippen molar-refractivity contribution in [1.29, 1.82) is 0 Å². The Labute approximate surface area is 122 Å². The predicted molar refractivity (Wildman–Crippen MR) is 8.14 cm³/mol. The van der Waals surface area contributed by atoms with E-state index in [1.54, 1.807) is 0 Å². The Hall–Kier alpha value is 3.47. The summed E-state index contributed by atoms with van der Waals surface area (Å²) in [5, 5.41) is 7.00. The topological polar surface area (TPSA) is 20.2 Å². The molecule has 0 saturated heterocycles. The van der Waals surface area contributed by atoms with Crippen LogP contribution in [0.3, 0.4) is 0 Å². The molecule has 0 rings (SSSR count). The van der Waals surface area contributed by atoms with Gasteiger partial charge in [-0.05, 0) is 0 Å². The molecule has 0 bridgehead atoms. The minimum atomic E-state index is 0. The van der Waals surface area contributed by atoms with Crippen molar-refractivity contribution in [3.8, 4) is 0 Å². The van der Waals surface area contributed by atoms with Gasteiger partial charge in [0.2, 0.25) is 0 Å². The molecule has 0 aliphatic rings. The Morgan fingerprint density at radius 2 is 0.500 bits per heavy atom. The van der Waals surface area contributed by atoms with Crippen molar-refractivity contribution in [2.75, 3.05) is 7.11 Å². The second-order valence-corrected chi connectivity index (χ2v) is 0. The Kier molecular flexibility index (Phi) is 614. The van der Waals surface area contributed by atoms with Crippen molar-refractivity contribution in [2.24, 2.45) is 0 Å². The molecular formula is CH4OV6. The van der Waals surface area contributed by atoms with Gasteiger partial charge in [-0.1, -0.05) is 0 Å². The van der Waals surface area contributed by atoms with Crippen molar-refractivity contribution in [3.63, 3.8) is 0 Å². The summed E-state index contributed by atoms with van der Waals surface area (Å²) in [6.45, 7) is 0. The molecule has 1 N–H and O–H groups in total. The second kappa shape index (κ2) is 78.1. The van der Waals surface area contributed by atoms with Crippen molar-refractivity contribution >= 4 is 0 Å². The number of rotatable bonds is 0. The summed E-state index contributed by atoms with van der Waals surface area (Å²) < 4.78 is 0. The average molecular weight is 338 g/mol. The molecule has 0 saturated carbocycles. The molecule has 0 heterocycles. The minimum Gasteiger partial charge on any atom is -0.400 e. The molecule has 0 atom stereocenters. The summed E-state index contributed by atoms with van der Waals surface area (Å²) in [6.07, 6.45) is 0. The molecule has 0 aromatic carbocycles. The first kappa shape index (κ1) is 63.0. The Balaban J connectivity index is -0.000000000333. The zero-order chi connectivity index (χ0) is 2.00. The first-order chi connectivity index (χ1) is 1.00. The third kappa shape index (κ3) is 56.5. The molecule has 0 aromatic heterocycles. The van der Waals surface area contributed by atoms with Gasteiger partial charge in [0.15, 0.2) is 0 Å².